The number of carbonyl (C=O) groups excluding carboxylic acids is 2. The molecule has 0 saturated carbocycles. The maximum absolute atomic E-state index is 11.5. The Bertz CT molecular complexity index is 552. The third kappa shape index (κ3) is 6.90. The summed E-state index contributed by atoms with van der Waals surface area (Å²) in [5.74, 6) is -0.00332. The highest BCUT2D eigenvalue weighted by Gasteiger charge is 2.15. The Kier molecular flexibility index (Phi) is 6.68. The van der Waals surface area contributed by atoms with Gasteiger partial charge >= 0.3 is 12.1 Å². The number of hydrogen-bond acceptors (Lipinski definition) is 6. The van der Waals surface area contributed by atoms with Crippen LogP contribution in [0.2, 0.25) is 0 Å². The number of carbonyl (C=O) groups is 2. The van der Waals surface area contributed by atoms with Crippen LogP contribution in [0.1, 0.15) is 37.6 Å². The fourth-order valence-electron chi connectivity index (χ4n) is 1.68. The molecule has 1 aromatic rings. The summed E-state index contributed by atoms with van der Waals surface area (Å²) in [5.41, 5.74) is 5.78. The molecule has 128 valence electrons. The van der Waals surface area contributed by atoms with E-state index in [0.29, 0.717) is 31.0 Å². The third-order valence-electron chi connectivity index (χ3n) is 2.69. The lowest BCUT2D eigenvalue weighted by Crippen LogP contribution is -2.33. The van der Waals surface area contributed by atoms with Gasteiger partial charge in [0.25, 0.3) is 0 Å². The van der Waals surface area contributed by atoms with Gasteiger partial charge in [-0.05, 0) is 45.4 Å². The minimum Gasteiger partial charge on any atom is -0.494 e. The fourth-order valence-corrected chi connectivity index (χ4v) is 1.68. The molecule has 0 unspecified atom stereocenters. The number of rotatable bonds is 6. The van der Waals surface area contributed by atoms with E-state index in [0.717, 1.165) is 0 Å². The van der Waals surface area contributed by atoms with Gasteiger partial charge in [-0.3, -0.25) is 0 Å². The van der Waals surface area contributed by atoms with E-state index in [4.69, 9.17) is 15.2 Å². The van der Waals surface area contributed by atoms with Gasteiger partial charge in [0, 0.05) is 12.2 Å². The highest BCUT2D eigenvalue weighted by atomic mass is 16.6. The van der Waals surface area contributed by atoms with E-state index < -0.39 is 17.7 Å². The molecule has 0 aromatic heterocycles. The predicted octanol–water partition coefficient (Wildman–Crippen LogP) is 2.35. The lowest BCUT2D eigenvalue weighted by Gasteiger charge is -2.19. The number of alkyl carbamates (subject to hydrolysis) is 1. The smallest absolute Gasteiger partial charge is 0.407 e. The summed E-state index contributed by atoms with van der Waals surface area (Å²) in [4.78, 5) is 23.0. The quantitative estimate of drug-likeness (QED) is 0.473. The normalized spacial score (nSPS) is 10.8. The number of anilines is 1. The standard InChI is InChI=1S/C16H24N2O5/c1-16(2,3)23-15(20)18-8-5-9-22-11-6-7-13(17)12(10-11)14(19)21-4/h6-7,10H,5,8-9,17H2,1-4H3,(H,18,20). The first-order valence-corrected chi connectivity index (χ1v) is 7.30. The van der Waals surface area contributed by atoms with Crippen LogP contribution in [0, 0.1) is 0 Å². The van der Waals surface area contributed by atoms with Crippen molar-refractivity contribution >= 4 is 17.7 Å². The molecule has 0 aliphatic carbocycles. The minimum atomic E-state index is -0.519. The first-order chi connectivity index (χ1) is 10.7. The molecule has 0 atom stereocenters. The first-order valence-electron chi connectivity index (χ1n) is 7.30. The van der Waals surface area contributed by atoms with Gasteiger partial charge in [-0.25, -0.2) is 9.59 Å². The van der Waals surface area contributed by atoms with Crippen LogP contribution in [0.3, 0.4) is 0 Å². The van der Waals surface area contributed by atoms with E-state index in [1.165, 1.54) is 13.2 Å². The molecule has 7 heteroatoms. The van der Waals surface area contributed by atoms with Crippen LogP contribution in [0.4, 0.5) is 10.5 Å². The monoisotopic (exact) mass is 324 g/mol. The van der Waals surface area contributed by atoms with Gasteiger partial charge in [-0.15, -0.1) is 0 Å². The van der Waals surface area contributed by atoms with E-state index in [2.05, 4.69) is 10.1 Å². The molecule has 0 fully saturated rings. The van der Waals surface area contributed by atoms with E-state index in [1.807, 2.05) is 0 Å². The number of methoxy groups -OCH3 is 1. The second kappa shape index (κ2) is 8.26. The highest BCUT2D eigenvalue weighted by Crippen LogP contribution is 2.20. The van der Waals surface area contributed by atoms with Crippen molar-refractivity contribution in [3.05, 3.63) is 23.8 Å². The van der Waals surface area contributed by atoms with Gasteiger partial charge in [0.1, 0.15) is 11.4 Å². The number of ether oxygens (including phenoxy) is 3. The van der Waals surface area contributed by atoms with Gasteiger partial charge in [0.05, 0.1) is 19.3 Å². The summed E-state index contributed by atoms with van der Waals surface area (Å²) in [6.07, 6.45) is 0.134. The van der Waals surface area contributed by atoms with Gasteiger partial charge in [-0.2, -0.15) is 0 Å². The number of amides is 1. The first kappa shape index (κ1) is 18.6. The zero-order chi connectivity index (χ0) is 17.5. The topological polar surface area (TPSA) is 99.9 Å². The minimum absolute atomic E-state index is 0.261. The number of nitrogens with one attached hydrogen (secondary N) is 1. The van der Waals surface area contributed by atoms with Crippen molar-refractivity contribution in [3.63, 3.8) is 0 Å². The Morgan fingerprint density at radius 3 is 2.57 bits per heavy atom. The Morgan fingerprint density at radius 2 is 1.96 bits per heavy atom. The molecule has 0 spiro atoms. The number of esters is 1. The molecule has 1 rings (SSSR count). The molecular formula is C16H24N2O5. The maximum Gasteiger partial charge on any atom is 0.407 e. The van der Waals surface area contributed by atoms with Gasteiger partial charge in [0.15, 0.2) is 0 Å². The third-order valence-corrected chi connectivity index (χ3v) is 2.69. The number of nitrogens with two attached hydrogens (primary N) is 1. The van der Waals surface area contributed by atoms with Crippen molar-refractivity contribution in [2.45, 2.75) is 32.8 Å². The van der Waals surface area contributed by atoms with E-state index in [-0.39, 0.29) is 5.56 Å². The van der Waals surface area contributed by atoms with Crippen LogP contribution >= 0.6 is 0 Å². The molecule has 0 saturated heterocycles. The lowest BCUT2D eigenvalue weighted by molar-refractivity contribution is 0.0524. The van der Waals surface area contributed by atoms with E-state index >= 15 is 0 Å². The molecular weight excluding hydrogens is 300 g/mol. The SMILES string of the molecule is COC(=O)c1cc(OCCCNC(=O)OC(C)(C)C)ccc1N. The van der Waals surface area contributed by atoms with Crippen LogP contribution < -0.4 is 15.8 Å². The van der Waals surface area contributed by atoms with Crippen molar-refractivity contribution in [1.29, 1.82) is 0 Å². The molecule has 1 aromatic carbocycles. The fraction of sp³-hybridized carbons (Fsp3) is 0.500. The molecule has 7 nitrogen and oxygen atoms in total. The average molecular weight is 324 g/mol. The number of hydrogen-bond donors (Lipinski definition) is 2. The summed E-state index contributed by atoms with van der Waals surface area (Å²) in [5, 5.41) is 2.64. The zero-order valence-corrected chi connectivity index (χ0v) is 14.0. The van der Waals surface area contributed by atoms with Crippen molar-refractivity contribution in [3.8, 4) is 5.75 Å². The number of benzene rings is 1. The molecule has 3 N–H and O–H groups in total. The summed E-state index contributed by atoms with van der Waals surface area (Å²) in [7, 11) is 1.29. The van der Waals surface area contributed by atoms with Gasteiger partial charge in [0.2, 0.25) is 0 Å². The van der Waals surface area contributed by atoms with Gasteiger partial charge in [-0.1, -0.05) is 0 Å². The largest absolute Gasteiger partial charge is 0.494 e. The van der Waals surface area contributed by atoms with E-state index in [9.17, 15) is 9.59 Å². The Balaban J connectivity index is 2.37. The molecule has 0 aliphatic heterocycles. The van der Waals surface area contributed by atoms with Crippen LogP contribution in [0.5, 0.6) is 5.75 Å². The second-order valence-electron chi connectivity index (χ2n) is 5.87. The highest BCUT2D eigenvalue weighted by molar-refractivity contribution is 5.95. The second-order valence-corrected chi connectivity index (χ2v) is 5.87. The molecule has 0 heterocycles. The Hall–Kier alpha value is -2.44. The summed E-state index contributed by atoms with van der Waals surface area (Å²) in [6.45, 7) is 6.20. The van der Waals surface area contributed by atoms with Gasteiger partial charge < -0.3 is 25.3 Å². The van der Waals surface area contributed by atoms with Crippen molar-refractivity contribution in [2.24, 2.45) is 0 Å². The molecule has 23 heavy (non-hydrogen) atoms. The van der Waals surface area contributed by atoms with Crippen molar-refractivity contribution < 1.29 is 23.8 Å². The summed E-state index contributed by atoms with van der Waals surface area (Å²) in [6, 6.07) is 4.78. The van der Waals surface area contributed by atoms with Crippen LogP contribution in [0.15, 0.2) is 18.2 Å². The maximum atomic E-state index is 11.5. The molecule has 0 aliphatic rings. The molecule has 1 amide bonds. The lowest BCUT2D eigenvalue weighted by atomic mass is 10.2. The Morgan fingerprint density at radius 1 is 1.26 bits per heavy atom. The average Bonchev–Trinajstić information content (AvgIpc) is 2.45. The summed E-state index contributed by atoms with van der Waals surface area (Å²) < 4.78 is 15.3. The molecule has 0 radical (unpaired) electrons. The zero-order valence-electron chi connectivity index (χ0n) is 14.0. The summed E-state index contributed by atoms with van der Waals surface area (Å²) >= 11 is 0. The van der Waals surface area contributed by atoms with Crippen LogP contribution in [-0.2, 0) is 9.47 Å². The van der Waals surface area contributed by atoms with E-state index in [1.54, 1.807) is 32.9 Å². The Labute approximate surface area is 136 Å². The van der Waals surface area contributed by atoms with Crippen LogP contribution in [0.25, 0.3) is 0 Å². The number of nitrogen functional groups attached to an aromatic ring is 1. The van der Waals surface area contributed by atoms with Crippen molar-refractivity contribution in [2.75, 3.05) is 26.0 Å². The predicted molar refractivity (Wildman–Crippen MR) is 86.5 cm³/mol. The van der Waals surface area contributed by atoms with Crippen LogP contribution in [-0.4, -0.2) is 37.9 Å². The van der Waals surface area contributed by atoms with Crippen molar-refractivity contribution in [1.82, 2.24) is 5.32 Å². The molecule has 0 bridgehead atoms.